The molecular weight excluding hydrogens is 252 g/mol. The van der Waals surface area contributed by atoms with E-state index in [0.717, 1.165) is 6.20 Å². The van der Waals surface area contributed by atoms with Gasteiger partial charge in [-0.1, -0.05) is 12.1 Å². The number of ether oxygens (including phenoxy) is 1. The van der Waals surface area contributed by atoms with Crippen LogP contribution in [0.2, 0.25) is 0 Å². The molecule has 1 heterocycles. The zero-order valence-electron chi connectivity index (χ0n) is 10.2. The number of hydrogen-bond acceptors (Lipinski definition) is 4. The van der Waals surface area contributed by atoms with E-state index in [1.165, 1.54) is 18.3 Å². The lowest BCUT2D eigenvalue weighted by molar-refractivity contribution is 0.279. The van der Waals surface area contributed by atoms with Crippen LogP contribution in [-0.4, -0.2) is 16.2 Å². The van der Waals surface area contributed by atoms with E-state index < -0.39 is 5.82 Å². The van der Waals surface area contributed by atoms with E-state index in [9.17, 15) is 8.78 Å². The molecule has 0 aliphatic rings. The predicted molar refractivity (Wildman–Crippen MR) is 66.5 cm³/mol. The smallest absolute Gasteiger partial charge is 0.318 e. The number of rotatable bonds is 4. The number of aliphatic imine (C=N–C) groups is 1. The molecule has 19 heavy (non-hydrogen) atoms. The third-order valence-corrected chi connectivity index (χ3v) is 2.21. The fourth-order valence-corrected chi connectivity index (χ4v) is 1.40. The Morgan fingerprint density at radius 3 is 2.95 bits per heavy atom. The van der Waals surface area contributed by atoms with Crippen molar-refractivity contribution in [1.82, 2.24) is 9.97 Å². The highest BCUT2D eigenvalue weighted by molar-refractivity contribution is 5.58. The van der Waals surface area contributed by atoms with E-state index in [1.807, 2.05) is 0 Å². The van der Waals surface area contributed by atoms with Gasteiger partial charge < -0.3 is 4.74 Å². The Labute approximate surface area is 108 Å². The lowest BCUT2D eigenvalue weighted by atomic mass is 10.2. The second-order valence-electron chi connectivity index (χ2n) is 3.63. The summed E-state index contributed by atoms with van der Waals surface area (Å²) < 4.78 is 31.4. The lowest BCUT2D eigenvalue weighted by Crippen LogP contribution is -2.00. The van der Waals surface area contributed by atoms with Crippen LogP contribution in [0.15, 0.2) is 35.5 Å². The molecule has 0 radical (unpaired) electrons. The molecule has 1 aromatic carbocycles. The third kappa shape index (κ3) is 3.54. The fraction of sp³-hybridized carbons (Fsp3) is 0.154. The average Bonchev–Trinajstić information content (AvgIpc) is 2.40. The van der Waals surface area contributed by atoms with Crippen LogP contribution >= 0.6 is 0 Å². The average molecular weight is 263 g/mol. The van der Waals surface area contributed by atoms with E-state index in [1.54, 1.807) is 19.1 Å². The summed E-state index contributed by atoms with van der Waals surface area (Å²) in [6.45, 7) is 1.74. The van der Waals surface area contributed by atoms with Crippen molar-refractivity contribution in [2.24, 2.45) is 4.99 Å². The molecule has 2 aromatic rings. The van der Waals surface area contributed by atoms with Gasteiger partial charge in [0, 0.05) is 6.21 Å². The van der Waals surface area contributed by atoms with Gasteiger partial charge in [-0.25, -0.2) is 18.8 Å². The van der Waals surface area contributed by atoms with Crippen LogP contribution in [-0.2, 0) is 6.61 Å². The van der Waals surface area contributed by atoms with Crippen molar-refractivity contribution < 1.29 is 13.5 Å². The molecule has 0 N–H and O–H groups in total. The molecule has 2 rings (SSSR count). The van der Waals surface area contributed by atoms with Gasteiger partial charge in [-0.3, -0.25) is 0 Å². The zero-order valence-corrected chi connectivity index (χ0v) is 10.2. The molecule has 4 nitrogen and oxygen atoms in total. The topological polar surface area (TPSA) is 47.4 Å². The Hall–Kier alpha value is -2.37. The van der Waals surface area contributed by atoms with Crippen LogP contribution < -0.4 is 4.74 Å². The third-order valence-electron chi connectivity index (χ3n) is 2.21. The molecule has 0 amide bonds. The van der Waals surface area contributed by atoms with Crippen molar-refractivity contribution in [3.63, 3.8) is 0 Å². The van der Waals surface area contributed by atoms with Gasteiger partial charge in [0.05, 0.1) is 6.20 Å². The highest BCUT2D eigenvalue weighted by Crippen LogP contribution is 2.16. The van der Waals surface area contributed by atoms with Crippen LogP contribution in [0.1, 0.15) is 12.5 Å². The summed E-state index contributed by atoms with van der Waals surface area (Å²) in [7, 11) is 0. The van der Waals surface area contributed by atoms with Crippen LogP contribution in [0.3, 0.4) is 0 Å². The summed E-state index contributed by atoms with van der Waals surface area (Å²) in [6, 6.07) is 5.95. The molecule has 0 fully saturated rings. The van der Waals surface area contributed by atoms with E-state index in [-0.39, 0.29) is 24.3 Å². The molecule has 0 spiro atoms. The molecule has 0 saturated carbocycles. The second kappa shape index (κ2) is 5.99. The Bertz CT molecular complexity index is 602. The molecule has 6 heteroatoms. The maximum Gasteiger partial charge on any atom is 0.318 e. The van der Waals surface area contributed by atoms with Crippen molar-refractivity contribution >= 4 is 12.0 Å². The molecule has 0 aliphatic heterocycles. The highest BCUT2D eigenvalue weighted by Gasteiger charge is 2.06. The van der Waals surface area contributed by atoms with E-state index in [0.29, 0.717) is 5.56 Å². The first kappa shape index (κ1) is 13.1. The van der Waals surface area contributed by atoms with Gasteiger partial charge >= 0.3 is 6.01 Å². The van der Waals surface area contributed by atoms with Crippen molar-refractivity contribution in [2.45, 2.75) is 13.5 Å². The van der Waals surface area contributed by atoms with Gasteiger partial charge in [0.25, 0.3) is 0 Å². The van der Waals surface area contributed by atoms with Crippen molar-refractivity contribution in [3.05, 3.63) is 47.7 Å². The van der Waals surface area contributed by atoms with Crippen LogP contribution in [0, 0.1) is 11.6 Å². The van der Waals surface area contributed by atoms with Gasteiger partial charge in [-0.15, -0.1) is 0 Å². The standard InChI is InChI=1S/C13H11F2N3O/c1-2-16-12-11(15)7-17-13(18-12)19-8-9-4-3-5-10(14)6-9/h2-7H,8H2,1H3/b16-2+. The van der Waals surface area contributed by atoms with Gasteiger partial charge in [0.2, 0.25) is 0 Å². The molecule has 0 atom stereocenters. The van der Waals surface area contributed by atoms with Crippen molar-refractivity contribution in [1.29, 1.82) is 0 Å². The number of halogens is 2. The number of benzene rings is 1. The number of aromatic nitrogens is 2. The monoisotopic (exact) mass is 263 g/mol. The molecule has 0 saturated heterocycles. The van der Waals surface area contributed by atoms with Crippen molar-refractivity contribution in [3.8, 4) is 6.01 Å². The first-order valence-electron chi connectivity index (χ1n) is 5.57. The largest absolute Gasteiger partial charge is 0.459 e. The second-order valence-corrected chi connectivity index (χ2v) is 3.63. The van der Waals surface area contributed by atoms with E-state index in [2.05, 4.69) is 15.0 Å². The van der Waals surface area contributed by atoms with E-state index >= 15 is 0 Å². The van der Waals surface area contributed by atoms with Crippen LogP contribution in [0.5, 0.6) is 6.01 Å². The SMILES string of the molecule is C/C=N/c1nc(OCc2cccc(F)c2)ncc1F. The lowest BCUT2D eigenvalue weighted by Gasteiger charge is -2.05. The van der Waals surface area contributed by atoms with E-state index in [4.69, 9.17) is 4.74 Å². The molecule has 98 valence electrons. The first-order chi connectivity index (χ1) is 9.19. The minimum absolute atomic E-state index is 0.00809. The molecule has 1 aromatic heterocycles. The Morgan fingerprint density at radius 2 is 2.21 bits per heavy atom. The van der Waals surface area contributed by atoms with Gasteiger partial charge in [-0.05, 0) is 24.6 Å². The molecule has 0 unspecified atom stereocenters. The van der Waals surface area contributed by atoms with Gasteiger partial charge in [0.15, 0.2) is 11.6 Å². The summed E-state index contributed by atoms with van der Waals surface area (Å²) in [5.74, 6) is -1.07. The number of hydrogen-bond donors (Lipinski definition) is 0. The fourth-order valence-electron chi connectivity index (χ4n) is 1.40. The summed E-state index contributed by atoms with van der Waals surface area (Å²) in [6.07, 6.45) is 2.40. The molecule has 0 bridgehead atoms. The summed E-state index contributed by atoms with van der Waals surface area (Å²) >= 11 is 0. The maximum atomic E-state index is 13.2. The highest BCUT2D eigenvalue weighted by atomic mass is 19.1. The van der Waals surface area contributed by atoms with Gasteiger partial charge in [0.1, 0.15) is 12.4 Å². The van der Waals surface area contributed by atoms with Gasteiger partial charge in [-0.2, -0.15) is 4.98 Å². The first-order valence-corrected chi connectivity index (χ1v) is 5.57. The summed E-state index contributed by atoms with van der Waals surface area (Å²) in [5, 5.41) is 0. The minimum Gasteiger partial charge on any atom is -0.459 e. The Balaban J connectivity index is 2.09. The Morgan fingerprint density at radius 1 is 1.37 bits per heavy atom. The zero-order chi connectivity index (χ0) is 13.7. The summed E-state index contributed by atoms with van der Waals surface area (Å²) in [4.78, 5) is 11.2. The normalized spacial score (nSPS) is 10.9. The Kier molecular flexibility index (Phi) is 4.12. The minimum atomic E-state index is -0.629. The van der Waals surface area contributed by atoms with Crippen LogP contribution in [0.4, 0.5) is 14.6 Å². The quantitative estimate of drug-likeness (QED) is 0.796. The summed E-state index contributed by atoms with van der Waals surface area (Å²) in [5.41, 5.74) is 0.633. The maximum absolute atomic E-state index is 13.2. The number of nitrogens with zero attached hydrogens (tertiary/aromatic N) is 3. The van der Waals surface area contributed by atoms with Crippen LogP contribution in [0.25, 0.3) is 0 Å². The van der Waals surface area contributed by atoms with Crippen molar-refractivity contribution in [2.75, 3.05) is 0 Å². The molecular formula is C13H11F2N3O. The molecule has 0 aliphatic carbocycles. The predicted octanol–water partition coefficient (Wildman–Crippen LogP) is 3.06.